The maximum atomic E-state index is 12.8. The van der Waals surface area contributed by atoms with Crippen molar-refractivity contribution in [2.75, 3.05) is 5.73 Å². The molecule has 1 saturated heterocycles. The summed E-state index contributed by atoms with van der Waals surface area (Å²) < 4.78 is 45.7. The van der Waals surface area contributed by atoms with Crippen LogP contribution in [0.2, 0.25) is 0 Å². The number of aliphatic hydroxyl groups excluding tert-OH is 2. The Morgan fingerprint density at radius 3 is 2.30 bits per heavy atom. The summed E-state index contributed by atoms with van der Waals surface area (Å²) in [5, 5.41) is 32.6. The summed E-state index contributed by atoms with van der Waals surface area (Å²) in [5.41, 5.74) is 3.49. The van der Waals surface area contributed by atoms with Gasteiger partial charge in [-0.25, -0.2) is 9.97 Å². The second-order valence-corrected chi connectivity index (χ2v) is 7.37. The van der Waals surface area contributed by atoms with Crippen LogP contribution in [0.3, 0.4) is 0 Å². The van der Waals surface area contributed by atoms with Gasteiger partial charge in [-0.3, -0.25) is 0 Å². The smallest absolute Gasteiger partial charge is 0.387 e. The zero-order valence-corrected chi connectivity index (χ0v) is 15.7. The average molecular weight is 424 g/mol. The summed E-state index contributed by atoms with van der Waals surface area (Å²) in [6.45, 7) is 1.30. The molecule has 1 aliphatic rings. The molecule has 0 saturated carbocycles. The van der Waals surface area contributed by atoms with Gasteiger partial charge in [0, 0.05) is 6.20 Å². The molecule has 5 N–H and O–H groups in total. The van der Waals surface area contributed by atoms with Crippen molar-refractivity contribution < 1.29 is 33.2 Å². The van der Waals surface area contributed by atoms with Gasteiger partial charge < -0.3 is 30.4 Å². The van der Waals surface area contributed by atoms with Crippen molar-refractivity contribution in [3.63, 3.8) is 0 Å². The van der Waals surface area contributed by atoms with Gasteiger partial charge in [0.25, 0.3) is 0 Å². The number of nitrogens with two attached hydrogens (primary N) is 1. The maximum Gasteiger partial charge on any atom is 0.416 e. The number of fused-ring (bicyclic) bond motifs is 1. The molecule has 0 amide bonds. The van der Waals surface area contributed by atoms with Crippen LogP contribution in [0.4, 0.5) is 19.0 Å². The minimum Gasteiger partial charge on any atom is -0.387 e. The van der Waals surface area contributed by atoms with Gasteiger partial charge in [0.15, 0.2) is 6.23 Å². The van der Waals surface area contributed by atoms with Crippen LogP contribution in [0.15, 0.2) is 42.9 Å². The van der Waals surface area contributed by atoms with Crippen LogP contribution in [0, 0.1) is 0 Å². The molecule has 30 heavy (non-hydrogen) atoms. The van der Waals surface area contributed by atoms with Gasteiger partial charge in [-0.05, 0) is 30.7 Å². The maximum absolute atomic E-state index is 12.8. The van der Waals surface area contributed by atoms with Crippen LogP contribution in [-0.2, 0) is 16.5 Å². The lowest BCUT2D eigenvalue weighted by atomic mass is 9.86. The van der Waals surface area contributed by atoms with Gasteiger partial charge in [-0.15, -0.1) is 0 Å². The van der Waals surface area contributed by atoms with Crippen molar-refractivity contribution in [3.05, 3.63) is 54.0 Å². The van der Waals surface area contributed by atoms with E-state index in [1.807, 2.05) is 0 Å². The molecule has 160 valence electrons. The van der Waals surface area contributed by atoms with E-state index >= 15 is 0 Å². The Morgan fingerprint density at radius 2 is 1.67 bits per heavy atom. The standard InChI is InChI=1S/C19H19F3N4O4/c1-18(29,9-2-4-10(5-3-9)19(20,21)22)14-12(27)13(28)17(30-14)26-7-6-11-15(23)24-8-25-16(11)26/h2-8,12-14,17,27-29H,1H3,(H2,23,24,25)/t12-,13+,14?,17+,18?/m0/s1. The highest BCUT2D eigenvalue weighted by Gasteiger charge is 2.52. The van der Waals surface area contributed by atoms with Gasteiger partial charge in [0.2, 0.25) is 0 Å². The highest BCUT2D eigenvalue weighted by molar-refractivity contribution is 5.86. The molecule has 0 spiro atoms. The molecule has 0 bridgehead atoms. The monoisotopic (exact) mass is 424 g/mol. The van der Waals surface area contributed by atoms with Gasteiger partial charge in [0.1, 0.15) is 41.7 Å². The molecule has 11 heteroatoms. The summed E-state index contributed by atoms with van der Waals surface area (Å²) >= 11 is 0. The highest BCUT2D eigenvalue weighted by Crippen LogP contribution is 2.41. The number of alkyl halides is 3. The van der Waals surface area contributed by atoms with Crippen molar-refractivity contribution in [1.29, 1.82) is 0 Å². The van der Waals surface area contributed by atoms with E-state index in [1.54, 1.807) is 12.3 Å². The molecule has 4 rings (SSSR count). The first-order chi connectivity index (χ1) is 14.0. The number of ether oxygens (including phenoxy) is 1. The molecular formula is C19H19F3N4O4. The molecule has 8 nitrogen and oxygen atoms in total. The van der Waals surface area contributed by atoms with E-state index in [-0.39, 0.29) is 11.4 Å². The molecule has 1 fully saturated rings. The number of hydrogen-bond donors (Lipinski definition) is 4. The molecule has 3 heterocycles. The van der Waals surface area contributed by atoms with Crippen LogP contribution >= 0.6 is 0 Å². The predicted molar refractivity (Wildman–Crippen MR) is 98.9 cm³/mol. The molecule has 1 aliphatic heterocycles. The van der Waals surface area contributed by atoms with Gasteiger partial charge in [-0.2, -0.15) is 13.2 Å². The first-order valence-corrected chi connectivity index (χ1v) is 9.00. The number of anilines is 1. The first kappa shape index (κ1) is 20.5. The van der Waals surface area contributed by atoms with Gasteiger partial charge >= 0.3 is 6.18 Å². The van der Waals surface area contributed by atoms with E-state index < -0.39 is 41.9 Å². The lowest BCUT2D eigenvalue weighted by Gasteiger charge is -2.32. The minimum atomic E-state index is -4.52. The second kappa shape index (κ2) is 6.91. The Labute approximate surface area is 168 Å². The Balaban J connectivity index is 1.66. The highest BCUT2D eigenvalue weighted by atomic mass is 19.4. The third kappa shape index (κ3) is 3.19. The number of benzene rings is 1. The zero-order chi connectivity index (χ0) is 21.8. The summed E-state index contributed by atoms with van der Waals surface area (Å²) in [6, 6.07) is 5.50. The number of aliphatic hydroxyl groups is 3. The third-order valence-corrected chi connectivity index (χ3v) is 5.40. The number of hydrogen-bond acceptors (Lipinski definition) is 7. The van der Waals surface area contributed by atoms with Crippen LogP contribution in [-0.4, -0.2) is 48.2 Å². The fourth-order valence-corrected chi connectivity index (χ4v) is 3.71. The quantitative estimate of drug-likeness (QED) is 0.503. The fourth-order valence-electron chi connectivity index (χ4n) is 3.71. The van der Waals surface area contributed by atoms with Gasteiger partial charge in [0.05, 0.1) is 10.9 Å². The summed E-state index contributed by atoms with van der Waals surface area (Å²) in [4.78, 5) is 7.99. The summed E-state index contributed by atoms with van der Waals surface area (Å²) in [7, 11) is 0. The number of halogens is 3. The molecule has 2 unspecified atom stereocenters. The SMILES string of the molecule is CC(O)(c1ccc(C(F)(F)F)cc1)C1O[C@@H](n2ccc3c(N)ncnc32)[C@H](O)[C@@H]1O. The molecule has 3 aromatic rings. The molecule has 1 aromatic carbocycles. The number of nitrogen functional groups attached to an aromatic ring is 1. The Kier molecular flexibility index (Phi) is 4.73. The lowest BCUT2D eigenvalue weighted by molar-refractivity contribution is -0.139. The van der Waals surface area contributed by atoms with E-state index in [0.29, 0.717) is 11.0 Å². The van der Waals surface area contributed by atoms with Crippen molar-refractivity contribution in [3.8, 4) is 0 Å². The van der Waals surface area contributed by atoms with Crippen molar-refractivity contribution >= 4 is 16.9 Å². The van der Waals surface area contributed by atoms with E-state index in [9.17, 15) is 28.5 Å². The van der Waals surface area contributed by atoms with E-state index in [2.05, 4.69) is 9.97 Å². The topological polar surface area (TPSA) is 127 Å². The number of rotatable bonds is 3. The van der Waals surface area contributed by atoms with Crippen LogP contribution in [0.25, 0.3) is 11.0 Å². The minimum absolute atomic E-state index is 0.0938. The summed E-state index contributed by atoms with van der Waals surface area (Å²) in [5.74, 6) is 0.222. The third-order valence-electron chi connectivity index (χ3n) is 5.40. The molecule has 0 radical (unpaired) electrons. The molecule has 5 atom stereocenters. The lowest BCUT2D eigenvalue weighted by Crippen LogP contribution is -2.45. The number of nitrogens with zero attached hydrogens (tertiary/aromatic N) is 3. The molecular weight excluding hydrogens is 405 g/mol. The number of aromatic nitrogens is 3. The fraction of sp³-hybridized carbons (Fsp3) is 0.368. The van der Waals surface area contributed by atoms with Crippen molar-refractivity contribution in [1.82, 2.24) is 14.5 Å². The van der Waals surface area contributed by atoms with Crippen LogP contribution in [0.5, 0.6) is 0 Å². The largest absolute Gasteiger partial charge is 0.416 e. The Bertz CT molecular complexity index is 1070. The predicted octanol–water partition coefficient (Wildman–Crippen LogP) is 1.56. The van der Waals surface area contributed by atoms with E-state index in [1.165, 1.54) is 17.8 Å². The van der Waals surface area contributed by atoms with Gasteiger partial charge in [-0.1, -0.05) is 12.1 Å². The second-order valence-electron chi connectivity index (χ2n) is 7.37. The zero-order valence-electron chi connectivity index (χ0n) is 15.7. The molecule has 2 aromatic heterocycles. The van der Waals surface area contributed by atoms with Crippen LogP contribution < -0.4 is 5.73 Å². The van der Waals surface area contributed by atoms with Crippen LogP contribution in [0.1, 0.15) is 24.3 Å². The average Bonchev–Trinajstić information content (AvgIpc) is 3.24. The normalized spacial score (nSPS) is 26.8. The van der Waals surface area contributed by atoms with E-state index in [4.69, 9.17) is 10.5 Å². The Hall–Kier alpha value is -2.73. The first-order valence-electron chi connectivity index (χ1n) is 9.00. The Morgan fingerprint density at radius 1 is 1.03 bits per heavy atom. The van der Waals surface area contributed by atoms with Crippen molar-refractivity contribution in [2.45, 2.75) is 43.2 Å². The van der Waals surface area contributed by atoms with Crippen molar-refractivity contribution in [2.24, 2.45) is 0 Å². The molecule has 0 aliphatic carbocycles. The summed E-state index contributed by atoms with van der Waals surface area (Å²) in [6.07, 6.45) is -7.14. The van der Waals surface area contributed by atoms with E-state index in [0.717, 1.165) is 24.3 Å².